The van der Waals surface area contributed by atoms with Crippen molar-refractivity contribution >= 4 is 23.1 Å². The number of nitrogens with zero attached hydrogens (tertiary/aromatic N) is 4. The minimum atomic E-state index is -0.910. The van der Waals surface area contributed by atoms with Crippen LogP contribution in [0.3, 0.4) is 0 Å². The average Bonchev–Trinajstić information content (AvgIpc) is 2.76. The van der Waals surface area contributed by atoms with Gasteiger partial charge in [0.2, 0.25) is 0 Å². The summed E-state index contributed by atoms with van der Waals surface area (Å²) in [6, 6.07) is 6.72. The minimum Gasteiger partial charge on any atom is -0.378 e. The molecule has 1 fully saturated rings. The first-order valence-electron chi connectivity index (χ1n) is 9.71. The fourth-order valence-corrected chi connectivity index (χ4v) is 3.51. The minimum absolute atomic E-state index is 0.148. The van der Waals surface area contributed by atoms with E-state index in [0.717, 1.165) is 41.3 Å². The molecular formula is C21H20ClF2N5O2. The van der Waals surface area contributed by atoms with Crippen LogP contribution in [0.25, 0.3) is 5.69 Å². The van der Waals surface area contributed by atoms with Crippen LogP contribution in [0.1, 0.15) is 12.5 Å². The number of halogens is 3. The molecule has 3 heterocycles. The Bertz CT molecular complexity index is 1140. The van der Waals surface area contributed by atoms with Gasteiger partial charge in [-0.2, -0.15) is 9.78 Å². The topological polar surface area (TPSA) is 72.3 Å². The molecule has 1 aromatic carbocycles. The lowest BCUT2D eigenvalue weighted by Gasteiger charge is -2.32. The average molecular weight is 448 g/mol. The number of pyridine rings is 1. The van der Waals surface area contributed by atoms with Crippen LogP contribution in [-0.4, -0.2) is 40.6 Å². The maximum Gasteiger partial charge on any atom is 0.292 e. The standard InChI is InChI=1S/C21H20ClF2N5O2/c1-13-12-28(6-7-31-13)19-5-2-14(10-26-19)9-25-17-11-27-29(21(30)20(17)22)18-4-3-15(23)8-16(18)24/h2-5,8,10-11,13,25H,6-7,9,12H2,1H3. The molecule has 2 aromatic heterocycles. The largest absolute Gasteiger partial charge is 0.378 e. The summed E-state index contributed by atoms with van der Waals surface area (Å²) in [5.41, 5.74) is 0.288. The summed E-state index contributed by atoms with van der Waals surface area (Å²) in [7, 11) is 0. The summed E-state index contributed by atoms with van der Waals surface area (Å²) < 4.78 is 33.5. The number of hydrogen-bond acceptors (Lipinski definition) is 6. The van der Waals surface area contributed by atoms with Gasteiger partial charge in [0.05, 0.1) is 24.6 Å². The normalized spacial score (nSPS) is 16.4. The van der Waals surface area contributed by atoms with E-state index in [0.29, 0.717) is 24.9 Å². The molecule has 10 heteroatoms. The fraction of sp³-hybridized carbons (Fsp3) is 0.286. The number of ether oxygens (including phenoxy) is 1. The number of aromatic nitrogens is 3. The second kappa shape index (κ2) is 8.99. The molecule has 0 radical (unpaired) electrons. The summed E-state index contributed by atoms with van der Waals surface area (Å²) in [4.78, 5) is 19.2. The van der Waals surface area contributed by atoms with Gasteiger partial charge in [0.15, 0.2) is 5.82 Å². The highest BCUT2D eigenvalue weighted by Gasteiger charge is 2.18. The molecule has 0 bridgehead atoms. The van der Waals surface area contributed by atoms with E-state index < -0.39 is 17.2 Å². The first-order chi connectivity index (χ1) is 14.9. The summed E-state index contributed by atoms with van der Waals surface area (Å²) in [6.07, 6.45) is 3.24. The van der Waals surface area contributed by atoms with Gasteiger partial charge in [-0.15, -0.1) is 0 Å². The second-order valence-electron chi connectivity index (χ2n) is 7.19. The molecule has 3 aromatic rings. The zero-order valence-electron chi connectivity index (χ0n) is 16.7. The van der Waals surface area contributed by atoms with Gasteiger partial charge < -0.3 is 15.0 Å². The zero-order valence-corrected chi connectivity index (χ0v) is 17.4. The van der Waals surface area contributed by atoms with Crippen molar-refractivity contribution in [3.05, 3.63) is 75.3 Å². The van der Waals surface area contributed by atoms with E-state index in [9.17, 15) is 13.6 Å². The van der Waals surface area contributed by atoms with Crippen LogP contribution in [0.15, 0.2) is 47.5 Å². The molecule has 162 valence electrons. The lowest BCUT2D eigenvalue weighted by atomic mass is 10.2. The summed E-state index contributed by atoms with van der Waals surface area (Å²) in [5.74, 6) is -0.781. The van der Waals surface area contributed by atoms with Crippen LogP contribution in [0.5, 0.6) is 0 Å². The van der Waals surface area contributed by atoms with E-state index in [4.69, 9.17) is 16.3 Å². The third-order valence-electron chi connectivity index (χ3n) is 4.91. The quantitative estimate of drug-likeness (QED) is 0.646. The Labute approximate surface area is 182 Å². The Morgan fingerprint density at radius 3 is 2.81 bits per heavy atom. The molecule has 1 saturated heterocycles. The third kappa shape index (κ3) is 4.67. The van der Waals surface area contributed by atoms with Crippen molar-refractivity contribution in [3.63, 3.8) is 0 Å². The van der Waals surface area contributed by atoms with E-state index >= 15 is 0 Å². The van der Waals surface area contributed by atoms with Crippen molar-refractivity contribution in [2.45, 2.75) is 19.6 Å². The van der Waals surface area contributed by atoms with E-state index in [-0.39, 0.29) is 16.8 Å². The Morgan fingerprint density at radius 2 is 2.10 bits per heavy atom. The van der Waals surface area contributed by atoms with Crippen molar-refractivity contribution < 1.29 is 13.5 Å². The molecule has 0 amide bonds. The smallest absolute Gasteiger partial charge is 0.292 e. The second-order valence-corrected chi connectivity index (χ2v) is 7.57. The number of hydrogen-bond donors (Lipinski definition) is 1. The van der Waals surface area contributed by atoms with E-state index in [1.54, 1.807) is 6.20 Å². The zero-order chi connectivity index (χ0) is 22.0. The molecule has 1 atom stereocenters. The van der Waals surface area contributed by atoms with Gasteiger partial charge in [0.25, 0.3) is 5.56 Å². The highest BCUT2D eigenvalue weighted by atomic mass is 35.5. The summed E-state index contributed by atoms with van der Waals surface area (Å²) in [6.45, 7) is 4.64. The molecular weight excluding hydrogens is 428 g/mol. The first-order valence-corrected chi connectivity index (χ1v) is 10.1. The maximum absolute atomic E-state index is 14.0. The fourth-order valence-electron chi connectivity index (χ4n) is 3.31. The lowest BCUT2D eigenvalue weighted by Crippen LogP contribution is -2.41. The number of nitrogens with one attached hydrogen (secondary N) is 1. The SMILES string of the molecule is CC1CN(c2ccc(CNc3cnn(-c4ccc(F)cc4F)c(=O)c3Cl)cn2)CCO1. The Balaban J connectivity index is 1.46. The molecule has 1 N–H and O–H groups in total. The number of morpholine rings is 1. The predicted octanol–water partition coefficient (Wildman–Crippen LogP) is 3.40. The van der Waals surface area contributed by atoms with Gasteiger partial charge in [-0.1, -0.05) is 17.7 Å². The Morgan fingerprint density at radius 1 is 1.26 bits per heavy atom. The third-order valence-corrected chi connectivity index (χ3v) is 5.28. The van der Waals surface area contributed by atoms with Crippen molar-refractivity contribution in [2.24, 2.45) is 0 Å². The molecule has 1 aliphatic rings. The van der Waals surface area contributed by atoms with E-state index in [1.165, 1.54) is 6.20 Å². The molecule has 7 nitrogen and oxygen atoms in total. The van der Waals surface area contributed by atoms with Crippen LogP contribution >= 0.6 is 11.6 Å². The molecule has 1 aliphatic heterocycles. The first kappa shape index (κ1) is 21.2. The van der Waals surface area contributed by atoms with Gasteiger partial charge in [0, 0.05) is 31.9 Å². The van der Waals surface area contributed by atoms with E-state index in [1.807, 2.05) is 19.1 Å². The molecule has 0 saturated carbocycles. The molecule has 1 unspecified atom stereocenters. The van der Waals surface area contributed by atoms with Gasteiger partial charge in [-0.25, -0.2) is 13.8 Å². The van der Waals surface area contributed by atoms with Crippen molar-refractivity contribution in [2.75, 3.05) is 29.9 Å². The molecule has 4 rings (SSSR count). The highest BCUT2D eigenvalue weighted by Crippen LogP contribution is 2.20. The van der Waals surface area contributed by atoms with Gasteiger partial charge in [-0.05, 0) is 30.7 Å². The Hall–Kier alpha value is -3.04. The Kier molecular flexibility index (Phi) is 6.15. The summed E-state index contributed by atoms with van der Waals surface area (Å²) >= 11 is 6.17. The number of rotatable bonds is 5. The number of benzene rings is 1. The van der Waals surface area contributed by atoms with Gasteiger partial charge in [0.1, 0.15) is 22.3 Å². The van der Waals surface area contributed by atoms with Crippen LogP contribution < -0.4 is 15.8 Å². The molecule has 0 spiro atoms. The van der Waals surface area contributed by atoms with E-state index in [2.05, 4.69) is 20.3 Å². The van der Waals surface area contributed by atoms with Crippen LogP contribution in [-0.2, 0) is 11.3 Å². The lowest BCUT2D eigenvalue weighted by molar-refractivity contribution is 0.0529. The van der Waals surface area contributed by atoms with Crippen LogP contribution in [0.4, 0.5) is 20.3 Å². The van der Waals surface area contributed by atoms with Crippen molar-refractivity contribution in [1.29, 1.82) is 0 Å². The van der Waals surface area contributed by atoms with Gasteiger partial charge >= 0.3 is 0 Å². The van der Waals surface area contributed by atoms with Crippen molar-refractivity contribution in [3.8, 4) is 5.69 Å². The van der Waals surface area contributed by atoms with Crippen molar-refractivity contribution in [1.82, 2.24) is 14.8 Å². The van der Waals surface area contributed by atoms with Crippen LogP contribution in [0, 0.1) is 11.6 Å². The predicted molar refractivity (Wildman–Crippen MR) is 114 cm³/mol. The monoisotopic (exact) mass is 447 g/mol. The maximum atomic E-state index is 14.0. The summed E-state index contributed by atoms with van der Waals surface area (Å²) in [5, 5.41) is 6.85. The van der Waals surface area contributed by atoms with Crippen LogP contribution in [0.2, 0.25) is 5.02 Å². The molecule has 31 heavy (non-hydrogen) atoms. The number of anilines is 2. The highest BCUT2D eigenvalue weighted by molar-refractivity contribution is 6.32. The molecule has 0 aliphatic carbocycles. The van der Waals surface area contributed by atoms with Gasteiger partial charge in [-0.3, -0.25) is 4.79 Å².